The van der Waals surface area contributed by atoms with E-state index in [1.165, 1.54) is 16.7 Å². The lowest BCUT2D eigenvalue weighted by molar-refractivity contribution is -0.120. The topological polar surface area (TPSA) is 41.1 Å². The average Bonchev–Trinajstić information content (AvgIpc) is 2.35. The van der Waals surface area contributed by atoms with Crippen LogP contribution in [0.1, 0.15) is 50.3 Å². The van der Waals surface area contributed by atoms with Crippen molar-refractivity contribution in [3.05, 3.63) is 34.9 Å². The van der Waals surface area contributed by atoms with Crippen molar-refractivity contribution in [3.63, 3.8) is 0 Å². The number of carbonyl (C=O) groups is 1. The predicted octanol–water partition coefficient (Wildman–Crippen LogP) is 2.73. The number of hydrogen-bond donors (Lipinski definition) is 2. The number of hydrogen-bond acceptors (Lipinski definition) is 2. The molecule has 1 amide bonds. The summed E-state index contributed by atoms with van der Waals surface area (Å²) in [5.41, 5.74) is 3.74. The molecule has 0 aliphatic rings. The molecular formula is C16H26N2O. The molecule has 0 fully saturated rings. The minimum atomic E-state index is 0.0445. The molecule has 106 valence electrons. The van der Waals surface area contributed by atoms with Gasteiger partial charge in [0.15, 0.2) is 0 Å². The standard InChI is InChI=1S/C16H26N2O/c1-11(2)14-7-6-13(5)15(8-14)9-18-16(19)10-17-12(3)4/h6-8,11-12,17H,9-10H2,1-5H3,(H,18,19). The van der Waals surface area contributed by atoms with Crippen molar-refractivity contribution < 1.29 is 4.79 Å². The summed E-state index contributed by atoms with van der Waals surface area (Å²) in [6.45, 7) is 11.5. The molecule has 0 aromatic heterocycles. The number of amides is 1. The SMILES string of the molecule is Cc1ccc(C(C)C)cc1CNC(=O)CNC(C)C. The first-order valence-electron chi connectivity index (χ1n) is 6.99. The summed E-state index contributed by atoms with van der Waals surface area (Å²) in [7, 11) is 0. The molecule has 2 N–H and O–H groups in total. The maximum atomic E-state index is 11.7. The lowest BCUT2D eigenvalue weighted by atomic mass is 9.98. The molecule has 1 rings (SSSR count). The lowest BCUT2D eigenvalue weighted by Crippen LogP contribution is -2.36. The van der Waals surface area contributed by atoms with E-state index in [2.05, 4.69) is 49.6 Å². The van der Waals surface area contributed by atoms with Crippen LogP contribution in [-0.2, 0) is 11.3 Å². The maximum Gasteiger partial charge on any atom is 0.234 e. The van der Waals surface area contributed by atoms with E-state index in [9.17, 15) is 4.79 Å². The monoisotopic (exact) mass is 262 g/mol. The Hall–Kier alpha value is -1.35. The molecule has 3 heteroatoms. The molecule has 0 radical (unpaired) electrons. The quantitative estimate of drug-likeness (QED) is 0.827. The van der Waals surface area contributed by atoms with Gasteiger partial charge in [0.2, 0.25) is 5.91 Å². The third-order valence-corrected chi connectivity index (χ3v) is 3.19. The second-order valence-electron chi connectivity index (χ2n) is 5.65. The number of rotatable bonds is 6. The fraction of sp³-hybridized carbons (Fsp3) is 0.562. The summed E-state index contributed by atoms with van der Waals surface area (Å²) in [5, 5.41) is 6.07. The minimum absolute atomic E-state index is 0.0445. The van der Waals surface area contributed by atoms with E-state index in [1.54, 1.807) is 0 Å². The predicted molar refractivity (Wildman–Crippen MR) is 80.3 cm³/mol. The smallest absolute Gasteiger partial charge is 0.234 e. The van der Waals surface area contributed by atoms with Gasteiger partial charge in [-0.05, 0) is 29.5 Å². The van der Waals surface area contributed by atoms with Crippen LogP contribution in [0.25, 0.3) is 0 Å². The molecule has 0 bridgehead atoms. The van der Waals surface area contributed by atoms with Crippen LogP contribution < -0.4 is 10.6 Å². The third-order valence-electron chi connectivity index (χ3n) is 3.19. The van der Waals surface area contributed by atoms with E-state index in [0.29, 0.717) is 25.0 Å². The van der Waals surface area contributed by atoms with Gasteiger partial charge in [0.25, 0.3) is 0 Å². The van der Waals surface area contributed by atoms with E-state index in [4.69, 9.17) is 0 Å². The number of aryl methyl sites for hydroxylation is 1. The summed E-state index contributed by atoms with van der Waals surface area (Å²) >= 11 is 0. The fourth-order valence-electron chi connectivity index (χ4n) is 1.79. The van der Waals surface area contributed by atoms with Crippen LogP contribution >= 0.6 is 0 Å². The van der Waals surface area contributed by atoms with E-state index in [1.807, 2.05) is 13.8 Å². The second kappa shape index (κ2) is 7.29. The van der Waals surface area contributed by atoms with Crippen LogP contribution in [0.3, 0.4) is 0 Å². The van der Waals surface area contributed by atoms with Crippen LogP contribution in [0, 0.1) is 6.92 Å². The highest BCUT2D eigenvalue weighted by Gasteiger charge is 2.06. The van der Waals surface area contributed by atoms with E-state index < -0.39 is 0 Å². The number of carbonyl (C=O) groups excluding carboxylic acids is 1. The summed E-state index contributed by atoms with van der Waals surface area (Å²) in [6.07, 6.45) is 0. The van der Waals surface area contributed by atoms with E-state index in [-0.39, 0.29) is 5.91 Å². The van der Waals surface area contributed by atoms with Gasteiger partial charge in [-0.2, -0.15) is 0 Å². The highest BCUT2D eigenvalue weighted by molar-refractivity contribution is 5.78. The summed E-state index contributed by atoms with van der Waals surface area (Å²) in [6, 6.07) is 6.81. The van der Waals surface area contributed by atoms with Gasteiger partial charge in [-0.3, -0.25) is 4.79 Å². The van der Waals surface area contributed by atoms with Gasteiger partial charge in [0.05, 0.1) is 6.54 Å². The molecule has 0 unspecified atom stereocenters. The minimum Gasteiger partial charge on any atom is -0.351 e. The van der Waals surface area contributed by atoms with Crippen molar-refractivity contribution in [1.29, 1.82) is 0 Å². The van der Waals surface area contributed by atoms with Crippen LogP contribution in [0.4, 0.5) is 0 Å². The largest absolute Gasteiger partial charge is 0.351 e. The van der Waals surface area contributed by atoms with Crippen molar-refractivity contribution in [2.75, 3.05) is 6.54 Å². The van der Waals surface area contributed by atoms with Gasteiger partial charge in [-0.1, -0.05) is 45.9 Å². The van der Waals surface area contributed by atoms with Crippen LogP contribution in [-0.4, -0.2) is 18.5 Å². The van der Waals surface area contributed by atoms with E-state index in [0.717, 1.165) is 0 Å². The van der Waals surface area contributed by atoms with Crippen LogP contribution in [0.2, 0.25) is 0 Å². The Morgan fingerprint density at radius 3 is 2.47 bits per heavy atom. The van der Waals surface area contributed by atoms with Crippen molar-refractivity contribution in [2.24, 2.45) is 0 Å². The molecule has 3 nitrogen and oxygen atoms in total. The zero-order valence-electron chi connectivity index (χ0n) is 12.7. The summed E-state index contributed by atoms with van der Waals surface area (Å²) in [4.78, 5) is 11.7. The Balaban J connectivity index is 2.57. The Morgan fingerprint density at radius 2 is 1.89 bits per heavy atom. The van der Waals surface area contributed by atoms with Crippen LogP contribution in [0.5, 0.6) is 0 Å². The molecule has 0 saturated carbocycles. The zero-order chi connectivity index (χ0) is 14.4. The highest BCUT2D eigenvalue weighted by atomic mass is 16.1. The molecule has 0 spiro atoms. The van der Waals surface area contributed by atoms with Gasteiger partial charge in [0.1, 0.15) is 0 Å². The molecule has 1 aromatic rings. The van der Waals surface area contributed by atoms with Crippen molar-refractivity contribution in [3.8, 4) is 0 Å². The Bertz CT molecular complexity index is 425. The first-order valence-corrected chi connectivity index (χ1v) is 6.99. The molecule has 19 heavy (non-hydrogen) atoms. The zero-order valence-corrected chi connectivity index (χ0v) is 12.7. The molecular weight excluding hydrogens is 236 g/mol. The summed E-state index contributed by atoms with van der Waals surface area (Å²) in [5.74, 6) is 0.556. The molecule has 1 aromatic carbocycles. The first kappa shape index (κ1) is 15.7. The fourth-order valence-corrected chi connectivity index (χ4v) is 1.79. The van der Waals surface area contributed by atoms with Gasteiger partial charge >= 0.3 is 0 Å². The first-order chi connectivity index (χ1) is 8.90. The van der Waals surface area contributed by atoms with Crippen molar-refractivity contribution >= 4 is 5.91 Å². The Labute approximate surface area is 116 Å². The van der Waals surface area contributed by atoms with Gasteiger partial charge in [0, 0.05) is 12.6 Å². The van der Waals surface area contributed by atoms with E-state index >= 15 is 0 Å². The van der Waals surface area contributed by atoms with Gasteiger partial charge in [-0.25, -0.2) is 0 Å². The van der Waals surface area contributed by atoms with Crippen molar-refractivity contribution in [1.82, 2.24) is 10.6 Å². The van der Waals surface area contributed by atoms with Crippen molar-refractivity contribution in [2.45, 2.75) is 53.1 Å². The third kappa shape index (κ3) is 5.43. The summed E-state index contributed by atoms with van der Waals surface area (Å²) < 4.78 is 0. The number of benzene rings is 1. The van der Waals surface area contributed by atoms with Crippen LogP contribution in [0.15, 0.2) is 18.2 Å². The lowest BCUT2D eigenvalue weighted by Gasteiger charge is -2.13. The Kier molecular flexibility index (Phi) is 6.03. The molecule has 0 heterocycles. The highest BCUT2D eigenvalue weighted by Crippen LogP contribution is 2.18. The maximum absolute atomic E-state index is 11.7. The molecule has 0 saturated heterocycles. The molecule has 0 aliphatic heterocycles. The molecule has 0 atom stereocenters. The number of nitrogens with one attached hydrogen (secondary N) is 2. The normalized spacial score (nSPS) is 11.1. The van der Waals surface area contributed by atoms with Gasteiger partial charge < -0.3 is 10.6 Å². The second-order valence-corrected chi connectivity index (χ2v) is 5.65. The van der Waals surface area contributed by atoms with Gasteiger partial charge in [-0.15, -0.1) is 0 Å². The average molecular weight is 262 g/mol. The Morgan fingerprint density at radius 1 is 1.21 bits per heavy atom. The molecule has 0 aliphatic carbocycles.